The number of nitrogens with one attached hydrogen (secondary N) is 1. The zero-order chi connectivity index (χ0) is 17.8. The Morgan fingerprint density at radius 2 is 1.88 bits per heavy atom. The van der Waals surface area contributed by atoms with Gasteiger partial charge in [-0.15, -0.1) is 11.3 Å². The first-order valence-corrected chi connectivity index (χ1v) is 8.42. The number of methoxy groups -OCH3 is 1. The van der Waals surface area contributed by atoms with E-state index < -0.39 is 5.97 Å². The second-order valence-electron chi connectivity index (χ2n) is 5.29. The third kappa shape index (κ3) is 3.44. The van der Waals surface area contributed by atoms with Gasteiger partial charge in [-0.2, -0.15) is 0 Å². The maximum atomic E-state index is 12.4. The molecule has 1 aromatic carbocycles. The normalized spacial score (nSPS) is 10.3. The predicted octanol–water partition coefficient (Wildman–Crippen LogP) is 4.16. The average molecular weight is 352 g/mol. The molecule has 2 aromatic heterocycles. The van der Waals surface area contributed by atoms with Crippen LogP contribution < -0.4 is 5.32 Å². The van der Waals surface area contributed by atoms with Crippen LogP contribution in [-0.4, -0.2) is 24.0 Å². The largest absolute Gasteiger partial charge is 0.465 e. The highest BCUT2D eigenvalue weighted by Crippen LogP contribution is 2.40. The molecular weight excluding hydrogens is 336 g/mol. The molecule has 0 atom stereocenters. The Bertz CT molecular complexity index is 905. The van der Waals surface area contributed by atoms with E-state index in [-0.39, 0.29) is 5.91 Å². The van der Waals surface area contributed by atoms with Crippen LogP contribution in [0.25, 0.3) is 11.1 Å². The molecule has 0 spiro atoms. The van der Waals surface area contributed by atoms with Crippen molar-refractivity contribution in [3.8, 4) is 11.1 Å². The van der Waals surface area contributed by atoms with Crippen molar-refractivity contribution in [1.29, 1.82) is 0 Å². The molecule has 25 heavy (non-hydrogen) atoms. The number of nitrogens with zero attached hydrogens (tertiary/aromatic N) is 1. The van der Waals surface area contributed by atoms with E-state index in [1.54, 1.807) is 18.3 Å². The van der Waals surface area contributed by atoms with Gasteiger partial charge in [0.25, 0.3) is 5.91 Å². The highest BCUT2D eigenvalue weighted by Gasteiger charge is 2.25. The molecule has 0 aliphatic heterocycles. The molecule has 0 radical (unpaired) electrons. The number of pyridine rings is 1. The molecule has 1 amide bonds. The van der Waals surface area contributed by atoms with Gasteiger partial charge in [-0.05, 0) is 24.6 Å². The average Bonchev–Trinajstić information content (AvgIpc) is 2.98. The molecule has 1 N–H and O–H groups in total. The summed E-state index contributed by atoms with van der Waals surface area (Å²) in [5.41, 5.74) is 2.47. The van der Waals surface area contributed by atoms with E-state index in [4.69, 9.17) is 4.74 Å². The molecule has 0 bridgehead atoms. The van der Waals surface area contributed by atoms with Crippen LogP contribution in [-0.2, 0) is 4.74 Å². The molecule has 2 heterocycles. The topological polar surface area (TPSA) is 68.3 Å². The number of hydrogen-bond donors (Lipinski definition) is 1. The van der Waals surface area contributed by atoms with Crippen molar-refractivity contribution in [3.05, 3.63) is 70.9 Å². The monoisotopic (exact) mass is 352 g/mol. The van der Waals surface area contributed by atoms with Crippen molar-refractivity contribution in [2.75, 3.05) is 12.4 Å². The summed E-state index contributed by atoms with van der Waals surface area (Å²) < 4.78 is 4.94. The quantitative estimate of drug-likeness (QED) is 0.716. The van der Waals surface area contributed by atoms with Crippen molar-refractivity contribution in [2.24, 2.45) is 0 Å². The SMILES string of the molecule is COC(=O)c1c(NC(=O)c2cccnc2)sc(C)c1-c1ccccc1. The summed E-state index contributed by atoms with van der Waals surface area (Å²) >= 11 is 1.35. The minimum atomic E-state index is -0.482. The van der Waals surface area contributed by atoms with Crippen molar-refractivity contribution in [3.63, 3.8) is 0 Å². The minimum absolute atomic E-state index is 0.320. The first kappa shape index (κ1) is 16.9. The second-order valence-corrected chi connectivity index (χ2v) is 6.52. The number of esters is 1. The summed E-state index contributed by atoms with van der Waals surface area (Å²) in [5, 5.41) is 3.28. The smallest absolute Gasteiger partial charge is 0.341 e. The molecule has 5 nitrogen and oxygen atoms in total. The van der Waals surface area contributed by atoms with E-state index in [1.807, 2.05) is 37.3 Å². The Morgan fingerprint density at radius 3 is 2.52 bits per heavy atom. The molecule has 0 aliphatic carbocycles. The molecule has 0 saturated carbocycles. The third-order valence-corrected chi connectivity index (χ3v) is 4.71. The van der Waals surface area contributed by atoms with E-state index in [0.717, 1.165) is 16.0 Å². The van der Waals surface area contributed by atoms with Gasteiger partial charge in [0.2, 0.25) is 0 Å². The summed E-state index contributed by atoms with van der Waals surface area (Å²) in [6.45, 7) is 1.92. The predicted molar refractivity (Wildman–Crippen MR) is 98.0 cm³/mol. The van der Waals surface area contributed by atoms with Crippen LogP contribution in [0.2, 0.25) is 0 Å². The van der Waals surface area contributed by atoms with E-state index >= 15 is 0 Å². The van der Waals surface area contributed by atoms with Gasteiger partial charge >= 0.3 is 5.97 Å². The fraction of sp³-hybridized carbons (Fsp3) is 0.105. The van der Waals surface area contributed by atoms with E-state index in [9.17, 15) is 9.59 Å². The number of thiophene rings is 1. The summed E-state index contributed by atoms with van der Waals surface area (Å²) in [7, 11) is 1.33. The van der Waals surface area contributed by atoms with Crippen LogP contribution >= 0.6 is 11.3 Å². The standard InChI is InChI=1S/C19H16N2O3S/c1-12-15(13-7-4-3-5-8-13)16(19(23)24-2)18(25-12)21-17(22)14-9-6-10-20-11-14/h3-11H,1-2H3,(H,21,22). The van der Waals surface area contributed by atoms with Crippen molar-refractivity contribution in [1.82, 2.24) is 4.98 Å². The Labute approximate surface area is 149 Å². The van der Waals surface area contributed by atoms with E-state index in [0.29, 0.717) is 16.1 Å². The van der Waals surface area contributed by atoms with Crippen LogP contribution in [0, 0.1) is 6.92 Å². The number of anilines is 1. The molecule has 126 valence electrons. The highest BCUT2D eigenvalue weighted by molar-refractivity contribution is 7.17. The van der Waals surface area contributed by atoms with Crippen molar-refractivity contribution < 1.29 is 14.3 Å². The number of carbonyl (C=O) groups is 2. The van der Waals surface area contributed by atoms with Crippen LogP contribution in [0.5, 0.6) is 0 Å². The lowest BCUT2D eigenvalue weighted by Crippen LogP contribution is -2.14. The molecule has 0 saturated heterocycles. The fourth-order valence-corrected chi connectivity index (χ4v) is 3.61. The van der Waals surface area contributed by atoms with Crippen LogP contribution in [0.1, 0.15) is 25.6 Å². The number of aryl methyl sites for hydroxylation is 1. The molecule has 6 heteroatoms. The Kier molecular flexibility index (Phi) is 4.90. The number of hydrogen-bond acceptors (Lipinski definition) is 5. The molecular formula is C19H16N2O3S. The highest BCUT2D eigenvalue weighted by atomic mass is 32.1. The summed E-state index contributed by atoms with van der Waals surface area (Å²) in [5.74, 6) is -0.802. The summed E-state index contributed by atoms with van der Waals surface area (Å²) in [6, 6.07) is 12.9. The lowest BCUT2D eigenvalue weighted by molar-refractivity contribution is 0.0603. The maximum absolute atomic E-state index is 12.4. The summed E-state index contributed by atoms with van der Waals surface area (Å²) in [4.78, 5) is 29.7. The number of benzene rings is 1. The second kappa shape index (κ2) is 7.27. The lowest BCUT2D eigenvalue weighted by Gasteiger charge is -2.08. The molecule has 0 unspecified atom stereocenters. The number of carbonyl (C=O) groups excluding carboxylic acids is 2. The lowest BCUT2D eigenvalue weighted by atomic mass is 10.0. The van der Waals surface area contributed by atoms with Gasteiger partial charge in [0, 0.05) is 22.8 Å². The summed E-state index contributed by atoms with van der Waals surface area (Å²) in [6.07, 6.45) is 3.07. The number of rotatable bonds is 4. The van der Waals surface area contributed by atoms with E-state index in [1.165, 1.54) is 24.6 Å². The Morgan fingerprint density at radius 1 is 1.12 bits per heavy atom. The number of amides is 1. The van der Waals surface area contributed by atoms with Gasteiger partial charge in [0.15, 0.2) is 0 Å². The van der Waals surface area contributed by atoms with Gasteiger partial charge in [-0.3, -0.25) is 9.78 Å². The molecule has 3 rings (SSSR count). The third-order valence-electron chi connectivity index (χ3n) is 3.69. The minimum Gasteiger partial charge on any atom is -0.465 e. The maximum Gasteiger partial charge on any atom is 0.341 e. The molecule has 0 fully saturated rings. The van der Waals surface area contributed by atoms with E-state index in [2.05, 4.69) is 10.3 Å². The van der Waals surface area contributed by atoms with Gasteiger partial charge in [-0.25, -0.2) is 4.79 Å². The van der Waals surface area contributed by atoms with Crippen LogP contribution in [0.3, 0.4) is 0 Å². The van der Waals surface area contributed by atoms with Crippen LogP contribution in [0.4, 0.5) is 5.00 Å². The first-order chi connectivity index (χ1) is 12.1. The van der Waals surface area contributed by atoms with Gasteiger partial charge in [0.1, 0.15) is 10.6 Å². The number of ether oxygens (including phenoxy) is 1. The first-order valence-electron chi connectivity index (χ1n) is 7.60. The Balaban J connectivity index is 2.05. The Hall–Kier alpha value is -2.99. The van der Waals surface area contributed by atoms with Gasteiger partial charge < -0.3 is 10.1 Å². The molecule has 3 aromatic rings. The van der Waals surface area contributed by atoms with Gasteiger partial charge in [0.05, 0.1) is 12.7 Å². The van der Waals surface area contributed by atoms with Crippen LogP contribution in [0.15, 0.2) is 54.9 Å². The fourth-order valence-electron chi connectivity index (χ4n) is 2.55. The zero-order valence-corrected chi connectivity index (χ0v) is 14.6. The number of aromatic nitrogens is 1. The van der Waals surface area contributed by atoms with Gasteiger partial charge in [-0.1, -0.05) is 30.3 Å². The molecule has 0 aliphatic rings. The van der Waals surface area contributed by atoms with Crippen molar-refractivity contribution >= 4 is 28.2 Å². The van der Waals surface area contributed by atoms with Crippen molar-refractivity contribution in [2.45, 2.75) is 6.92 Å². The zero-order valence-electron chi connectivity index (χ0n) is 13.8.